The van der Waals surface area contributed by atoms with Crippen molar-refractivity contribution in [3.05, 3.63) is 231 Å². The largest absolute Gasteiger partial charge is 0.456 e. The molecule has 0 amide bonds. The van der Waals surface area contributed by atoms with Crippen LogP contribution in [0.2, 0.25) is 0 Å². The number of aromatic nitrogens is 4. The van der Waals surface area contributed by atoms with Gasteiger partial charge in [-0.3, -0.25) is 0 Å². The Hall–Kier alpha value is -9.39. The van der Waals surface area contributed by atoms with Crippen molar-refractivity contribution in [3.8, 4) is 73.2 Å². The third-order valence-electron chi connectivity index (χ3n) is 13.5. The van der Waals surface area contributed by atoms with E-state index in [-0.39, 0.29) is 0 Å². The average Bonchev–Trinajstić information content (AvgIpc) is 4.10. The Morgan fingerprint density at radius 1 is 0.290 bits per heavy atom. The van der Waals surface area contributed by atoms with Crippen LogP contribution in [0.3, 0.4) is 0 Å². The summed E-state index contributed by atoms with van der Waals surface area (Å²) in [5.41, 5.74) is 15.9. The van der Waals surface area contributed by atoms with Gasteiger partial charge in [-0.1, -0.05) is 176 Å². The molecule has 14 aromatic rings. The summed E-state index contributed by atoms with van der Waals surface area (Å²) in [7, 11) is 0. The summed E-state index contributed by atoms with van der Waals surface area (Å²) in [6.07, 6.45) is 0. The van der Waals surface area contributed by atoms with Crippen LogP contribution in [0.25, 0.3) is 139 Å². The second-order valence-corrected chi connectivity index (χ2v) is 17.5. The van der Waals surface area contributed by atoms with Gasteiger partial charge < -0.3 is 13.4 Å². The minimum absolute atomic E-state index is 0.571. The monoisotopic (exact) mass is 882 g/mol. The van der Waals surface area contributed by atoms with Crippen molar-refractivity contribution in [2.24, 2.45) is 0 Å². The molecule has 0 unspecified atom stereocenters. The number of nitrogens with zero attached hydrogens (tertiary/aromatic N) is 4. The Morgan fingerprint density at radius 3 is 1.58 bits per heavy atom. The molecule has 0 saturated heterocycles. The van der Waals surface area contributed by atoms with Crippen molar-refractivity contribution in [3.63, 3.8) is 0 Å². The lowest BCUT2D eigenvalue weighted by atomic mass is 9.95. The van der Waals surface area contributed by atoms with Crippen molar-refractivity contribution in [2.45, 2.75) is 0 Å². The van der Waals surface area contributed by atoms with E-state index in [1.807, 2.05) is 60.7 Å². The number of para-hydroxylation sites is 2. The standard InChI is InChI=1S/C63H38N4O2/c1-4-15-39(16-5-1)41-27-29-43(30-28-41)62-64-61(42-19-8-3-9-20-42)65-63(66-62)49-23-14-26-55-59(49)48-33-31-45(38-57(48)69-55)58-53(35-36-56-60(58)47-22-11-13-25-54(47)68-56)67-51-24-12-10-21-46(51)50-37-44(32-34-52(50)67)40-17-6-2-7-18-40/h1-38H. The minimum Gasteiger partial charge on any atom is -0.456 e. The first-order chi connectivity index (χ1) is 34.2. The molecule has 4 heterocycles. The summed E-state index contributed by atoms with van der Waals surface area (Å²) < 4.78 is 15.9. The lowest BCUT2D eigenvalue weighted by Crippen LogP contribution is -2.00. The van der Waals surface area contributed by atoms with Gasteiger partial charge in [-0.2, -0.15) is 0 Å². The number of hydrogen-bond acceptors (Lipinski definition) is 5. The van der Waals surface area contributed by atoms with E-state index in [1.165, 1.54) is 21.9 Å². The van der Waals surface area contributed by atoms with Crippen LogP contribution >= 0.6 is 0 Å². The molecule has 0 aliphatic heterocycles. The molecule has 322 valence electrons. The van der Waals surface area contributed by atoms with E-state index in [4.69, 9.17) is 23.8 Å². The highest BCUT2D eigenvalue weighted by atomic mass is 16.3. The molecule has 4 aromatic heterocycles. The van der Waals surface area contributed by atoms with Gasteiger partial charge in [0.1, 0.15) is 22.3 Å². The summed E-state index contributed by atoms with van der Waals surface area (Å²) in [5, 5.41) is 6.40. The summed E-state index contributed by atoms with van der Waals surface area (Å²) in [6.45, 7) is 0. The van der Waals surface area contributed by atoms with Gasteiger partial charge in [-0.25, -0.2) is 15.0 Å². The Kier molecular flexibility index (Phi) is 8.79. The molecule has 0 fully saturated rings. The van der Waals surface area contributed by atoms with Crippen LogP contribution in [0.1, 0.15) is 0 Å². The van der Waals surface area contributed by atoms with Crippen molar-refractivity contribution in [2.75, 3.05) is 0 Å². The first kappa shape index (κ1) is 38.8. The summed E-state index contributed by atoms with van der Waals surface area (Å²) in [6, 6.07) is 80.4. The van der Waals surface area contributed by atoms with Gasteiger partial charge in [0.05, 0.1) is 16.7 Å². The molecule has 0 aliphatic carbocycles. The van der Waals surface area contributed by atoms with Gasteiger partial charge in [0.25, 0.3) is 0 Å². The lowest BCUT2D eigenvalue weighted by Gasteiger charge is -2.16. The molecule has 0 radical (unpaired) electrons. The van der Waals surface area contributed by atoms with E-state index in [9.17, 15) is 0 Å². The maximum atomic E-state index is 6.87. The van der Waals surface area contributed by atoms with Crippen molar-refractivity contribution in [1.29, 1.82) is 0 Å². The van der Waals surface area contributed by atoms with Crippen LogP contribution in [-0.4, -0.2) is 19.5 Å². The fraction of sp³-hybridized carbons (Fsp3) is 0. The number of furan rings is 2. The molecule has 14 rings (SSSR count). The molecule has 0 atom stereocenters. The molecule has 6 nitrogen and oxygen atoms in total. The zero-order chi connectivity index (χ0) is 45.4. The normalized spacial score (nSPS) is 11.8. The number of fused-ring (bicyclic) bond motifs is 9. The van der Waals surface area contributed by atoms with E-state index in [0.717, 1.165) is 99.5 Å². The third kappa shape index (κ3) is 6.38. The van der Waals surface area contributed by atoms with Crippen molar-refractivity contribution < 1.29 is 8.83 Å². The topological polar surface area (TPSA) is 69.9 Å². The SMILES string of the molecule is c1ccc(-c2ccc(-c3nc(-c4ccccc4)nc(-c4cccc5oc6cc(-c7c(-n8c9ccccc9c9cc(-c%10ccccc%10)ccc98)ccc8oc9ccccc9c78)ccc6c45)n3)cc2)cc1. The smallest absolute Gasteiger partial charge is 0.164 e. The highest BCUT2D eigenvalue weighted by Gasteiger charge is 2.24. The van der Waals surface area contributed by atoms with Crippen molar-refractivity contribution >= 4 is 65.7 Å². The molecule has 10 aromatic carbocycles. The first-order valence-electron chi connectivity index (χ1n) is 23.2. The second kappa shape index (κ2) is 15.6. The maximum absolute atomic E-state index is 6.87. The van der Waals surface area contributed by atoms with Crippen LogP contribution in [0.5, 0.6) is 0 Å². The fourth-order valence-electron chi connectivity index (χ4n) is 10.3. The van der Waals surface area contributed by atoms with Crippen LogP contribution < -0.4 is 0 Å². The maximum Gasteiger partial charge on any atom is 0.164 e. The predicted octanol–water partition coefficient (Wildman–Crippen LogP) is 16.8. The Balaban J connectivity index is 0.965. The number of benzene rings is 10. The molecule has 0 spiro atoms. The Labute approximate surface area is 396 Å². The molecular formula is C63H38N4O2. The van der Waals surface area contributed by atoms with Crippen LogP contribution in [-0.2, 0) is 0 Å². The number of hydrogen-bond donors (Lipinski definition) is 0. The number of rotatable bonds is 7. The molecule has 6 heteroatoms. The fourth-order valence-corrected chi connectivity index (χ4v) is 10.3. The van der Waals surface area contributed by atoms with Gasteiger partial charge >= 0.3 is 0 Å². The lowest BCUT2D eigenvalue weighted by molar-refractivity contribution is 0.668. The molecule has 0 saturated carbocycles. The highest BCUT2D eigenvalue weighted by molar-refractivity contribution is 6.18. The zero-order valence-corrected chi connectivity index (χ0v) is 37.0. The zero-order valence-electron chi connectivity index (χ0n) is 37.0. The van der Waals surface area contributed by atoms with E-state index in [0.29, 0.717) is 17.5 Å². The minimum atomic E-state index is 0.571. The second-order valence-electron chi connectivity index (χ2n) is 17.5. The van der Waals surface area contributed by atoms with E-state index in [1.54, 1.807) is 0 Å². The van der Waals surface area contributed by atoms with Crippen LogP contribution in [0, 0.1) is 0 Å². The van der Waals surface area contributed by atoms with Gasteiger partial charge in [-0.05, 0) is 82.4 Å². The Bertz CT molecular complexity index is 4290. The summed E-state index contributed by atoms with van der Waals surface area (Å²) >= 11 is 0. The molecular weight excluding hydrogens is 845 g/mol. The molecule has 0 aliphatic rings. The van der Waals surface area contributed by atoms with Gasteiger partial charge in [0.2, 0.25) is 0 Å². The first-order valence-corrected chi connectivity index (χ1v) is 23.2. The van der Waals surface area contributed by atoms with E-state index >= 15 is 0 Å². The molecule has 0 bridgehead atoms. The molecule has 0 N–H and O–H groups in total. The summed E-state index contributed by atoms with van der Waals surface area (Å²) in [4.78, 5) is 15.4. The van der Waals surface area contributed by atoms with Crippen LogP contribution in [0.4, 0.5) is 0 Å². The van der Waals surface area contributed by atoms with Crippen LogP contribution in [0.15, 0.2) is 239 Å². The average molecular weight is 883 g/mol. The Morgan fingerprint density at radius 2 is 0.812 bits per heavy atom. The predicted molar refractivity (Wildman–Crippen MR) is 281 cm³/mol. The van der Waals surface area contributed by atoms with Gasteiger partial charge in [0.15, 0.2) is 17.5 Å². The molecule has 69 heavy (non-hydrogen) atoms. The quantitative estimate of drug-likeness (QED) is 0.159. The van der Waals surface area contributed by atoms with E-state index < -0.39 is 0 Å². The highest BCUT2D eigenvalue weighted by Crippen LogP contribution is 2.46. The van der Waals surface area contributed by atoms with Gasteiger partial charge in [-0.15, -0.1) is 0 Å². The van der Waals surface area contributed by atoms with Gasteiger partial charge in [0, 0.05) is 54.6 Å². The summed E-state index contributed by atoms with van der Waals surface area (Å²) in [5.74, 6) is 1.77. The van der Waals surface area contributed by atoms with E-state index in [2.05, 4.69) is 174 Å². The van der Waals surface area contributed by atoms with Crippen molar-refractivity contribution in [1.82, 2.24) is 19.5 Å². The third-order valence-corrected chi connectivity index (χ3v) is 13.5.